The molecule has 5 heteroatoms. The fraction of sp³-hybridized carbons (Fsp3) is 0.647. The molecule has 1 fully saturated rings. The Kier molecular flexibility index (Phi) is 5.84. The van der Waals surface area contributed by atoms with Crippen LogP contribution in [0, 0.1) is 5.92 Å². The van der Waals surface area contributed by atoms with Crippen LogP contribution in [0.2, 0.25) is 0 Å². The van der Waals surface area contributed by atoms with Crippen molar-refractivity contribution in [3.63, 3.8) is 0 Å². The molecule has 0 bridgehead atoms. The quantitative estimate of drug-likeness (QED) is 0.667. The van der Waals surface area contributed by atoms with E-state index in [1.165, 1.54) is 5.56 Å². The summed E-state index contributed by atoms with van der Waals surface area (Å²) in [7, 11) is -3.17. The molecular formula is C17H28NO3P. The first-order valence-electron chi connectivity index (χ1n) is 8.24. The summed E-state index contributed by atoms with van der Waals surface area (Å²) in [4.78, 5) is 0. The normalized spacial score (nSPS) is 25.9. The Morgan fingerprint density at radius 3 is 2.27 bits per heavy atom. The Morgan fingerprint density at radius 1 is 1.23 bits per heavy atom. The Bertz CT molecular complexity index is 512. The minimum absolute atomic E-state index is 0.104. The summed E-state index contributed by atoms with van der Waals surface area (Å²) in [5.74, 6) is 0.336. The molecule has 0 amide bonds. The largest absolute Gasteiger partial charge is 0.350 e. The molecule has 1 aromatic rings. The van der Waals surface area contributed by atoms with E-state index in [-0.39, 0.29) is 6.04 Å². The van der Waals surface area contributed by atoms with Crippen LogP contribution < -0.4 is 5.32 Å². The molecule has 0 aromatic heterocycles. The first kappa shape index (κ1) is 17.7. The van der Waals surface area contributed by atoms with Gasteiger partial charge in [0.25, 0.3) is 0 Å². The lowest BCUT2D eigenvalue weighted by atomic mass is 10.1. The van der Waals surface area contributed by atoms with Crippen LogP contribution in [0.25, 0.3) is 0 Å². The molecule has 2 rings (SSSR count). The smallest absolute Gasteiger partial charge is 0.308 e. The Hall–Kier alpha value is -0.670. The summed E-state index contributed by atoms with van der Waals surface area (Å²) >= 11 is 0. The summed E-state index contributed by atoms with van der Waals surface area (Å²) in [6, 6.07) is 10.3. The van der Waals surface area contributed by atoms with Gasteiger partial charge >= 0.3 is 7.60 Å². The van der Waals surface area contributed by atoms with Crippen LogP contribution in [0.5, 0.6) is 0 Å². The predicted octanol–water partition coefficient (Wildman–Crippen LogP) is 4.73. The molecule has 0 aliphatic heterocycles. The molecule has 0 saturated heterocycles. The number of nitrogens with one attached hydrogen (secondary N) is 1. The van der Waals surface area contributed by atoms with Crippen molar-refractivity contribution in [3.05, 3.63) is 35.9 Å². The zero-order chi connectivity index (χ0) is 16.2. The maximum atomic E-state index is 13.3. The summed E-state index contributed by atoms with van der Waals surface area (Å²) in [6.45, 7) is 8.76. The average Bonchev–Trinajstić information content (AvgIpc) is 3.24. The lowest BCUT2D eigenvalue weighted by Gasteiger charge is -2.31. The van der Waals surface area contributed by atoms with Gasteiger partial charge in [-0.05, 0) is 38.7 Å². The maximum absolute atomic E-state index is 13.3. The second kappa shape index (κ2) is 7.27. The van der Waals surface area contributed by atoms with Gasteiger partial charge in [-0.2, -0.15) is 0 Å². The standard InChI is InChI=1S/C17H28NO3P/c1-5-16-13-17(16,22(19,20-6-2)21-7-3)18-14(4)15-11-9-8-10-12-15/h8-12,14,16,18H,5-7,13H2,1-4H3/t14-,16+,17+/m0/s1. The van der Waals surface area contributed by atoms with Gasteiger partial charge in [-0.15, -0.1) is 0 Å². The molecule has 1 aromatic carbocycles. The third kappa shape index (κ3) is 3.30. The van der Waals surface area contributed by atoms with Crippen molar-refractivity contribution in [3.8, 4) is 0 Å². The zero-order valence-electron chi connectivity index (χ0n) is 14.0. The number of rotatable bonds is 9. The van der Waals surface area contributed by atoms with Crippen LogP contribution in [-0.4, -0.2) is 18.5 Å². The molecule has 1 saturated carbocycles. The van der Waals surface area contributed by atoms with Gasteiger partial charge in [0, 0.05) is 6.04 Å². The van der Waals surface area contributed by atoms with Crippen LogP contribution in [0.3, 0.4) is 0 Å². The van der Waals surface area contributed by atoms with E-state index in [2.05, 4.69) is 31.3 Å². The number of benzene rings is 1. The van der Waals surface area contributed by atoms with Crippen molar-refractivity contribution < 1.29 is 13.6 Å². The molecule has 0 spiro atoms. The predicted molar refractivity (Wildman–Crippen MR) is 90.0 cm³/mol. The lowest BCUT2D eigenvalue weighted by molar-refractivity contribution is 0.198. The first-order chi connectivity index (χ1) is 10.5. The topological polar surface area (TPSA) is 47.6 Å². The van der Waals surface area contributed by atoms with Crippen LogP contribution >= 0.6 is 7.60 Å². The first-order valence-corrected chi connectivity index (χ1v) is 9.79. The van der Waals surface area contributed by atoms with Gasteiger partial charge in [0.05, 0.1) is 13.2 Å². The Balaban J connectivity index is 2.23. The molecule has 1 aliphatic carbocycles. The van der Waals surface area contributed by atoms with E-state index in [0.29, 0.717) is 19.1 Å². The summed E-state index contributed by atoms with van der Waals surface area (Å²) < 4.78 is 24.6. The fourth-order valence-corrected chi connectivity index (χ4v) is 5.84. The van der Waals surface area contributed by atoms with Crippen molar-refractivity contribution in [2.45, 2.75) is 51.9 Å². The van der Waals surface area contributed by atoms with Crippen LogP contribution in [0.4, 0.5) is 0 Å². The average molecular weight is 325 g/mol. The highest BCUT2D eigenvalue weighted by atomic mass is 31.2. The van der Waals surface area contributed by atoms with Crippen molar-refractivity contribution in [2.24, 2.45) is 5.92 Å². The second-order valence-corrected chi connectivity index (χ2v) is 8.15. The van der Waals surface area contributed by atoms with E-state index in [0.717, 1.165) is 12.8 Å². The van der Waals surface area contributed by atoms with Crippen molar-refractivity contribution in [1.29, 1.82) is 0 Å². The molecule has 22 heavy (non-hydrogen) atoms. The van der Waals surface area contributed by atoms with E-state index in [1.807, 2.05) is 32.0 Å². The van der Waals surface area contributed by atoms with Crippen LogP contribution in [-0.2, 0) is 13.6 Å². The van der Waals surface area contributed by atoms with Gasteiger partial charge in [0.2, 0.25) is 0 Å². The molecular weight excluding hydrogens is 297 g/mol. The fourth-order valence-electron chi connectivity index (χ4n) is 3.20. The summed E-state index contributed by atoms with van der Waals surface area (Å²) in [6.07, 6.45) is 1.82. The van der Waals surface area contributed by atoms with E-state index in [9.17, 15) is 4.57 Å². The van der Waals surface area contributed by atoms with Crippen molar-refractivity contribution in [2.75, 3.05) is 13.2 Å². The SMILES string of the molecule is CCOP(=O)(OCC)[C@]1(N[C@@H](C)c2ccccc2)C[C@H]1CC. The molecule has 4 nitrogen and oxygen atoms in total. The van der Waals surface area contributed by atoms with Crippen LogP contribution in [0.15, 0.2) is 30.3 Å². The van der Waals surface area contributed by atoms with E-state index in [4.69, 9.17) is 9.05 Å². The van der Waals surface area contributed by atoms with E-state index in [1.54, 1.807) is 0 Å². The van der Waals surface area contributed by atoms with Gasteiger partial charge < -0.3 is 9.05 Å². The molecule has 0 unspecified atom stereocenters. The second-order valence-electron chi connectivity index (χ2n) is 5.84. The maximum Gasteiger partial charge on any atom is 0.350 e. The van der Waals surface area contributed by atoms with Gasteiger partial charge in [0.1, 0.15) is 5.28 Å². The van der Waals surface area contributed by atoms with E-state index >= 15 is 0 Å². The summed E-state index contributed by atoms with van der Waals surface area (Å²) in [5.41, 5.74) is 1.18. The van der Waals surface area contributed by atoms with Crippen LogP contribution in [0.1, 0.15) is 52.1 Å². The highest BCUT2D eigenvalue weighted by Gasteiger charge is 2.67. The Morgan fingerprint density at radius 2 is 1.82 bits per heavy atom. The van der Waals surface area contributed by atoms with E-state index < -0.39 is 12.9 Å². The molecule has 0 radical (unpaired) electrons. The third-order valence-electron chi connectivity index (χ3n) is 4.42. The Labute approximate surface area is 134 Å². The minimum Gasteiger partial charge on any atom is -0.308 e. The number of hydrogen-bond donors (Lipinski definition) is 1. The van der Waals surface area contributed by atoms with Crippen molar-refractivity contribution in [1.82, 2.24) is 5.32 Å². The minimum atomic E-state index is -3.17. The molecule has 124 valence electrons. The monoisotopic (exact) mass is 325 g/mol. The third-order valence-corrected chi connectivity index (χ3v) is 7.27. The molecule has 3 atom stereocenters. The summed E-state index contributed by atoms with van der Waals surface area (Å²) in [5, 5.41) is 3.04. The zero-order valence-corrected chi connectivity index (χ0v) is 14.9. The molecule has 1 aliphatic rings. The molecule has 0 heterocycles. The van der Waals surface area contributed by atoms with Gasteiger partial charge in [-0.25, -0.2) is 0 Å². The lowest BCUT2D eigenvalue weighted by Crippen LogP contribution is -2.37. The van der Waals surface area contributed by atoms with Gasteiger partial charge in [0.15, 0.2) is 0 Å². The van der Waals surface area contributed by atoms with Crippen molar-refractivity contribution >= 4 is 7.60 Å². The highest BCUT2D eigenvalue weighted by Crippen LogP contribution is 2.73. The highest BCUT2D eigenvalue weighted by molar-refractivity contribution is 7.56. The van der Waals surface area contributed by atoms with Gasteiger partial charge in [-0.1, -0.05) is 43.7 Å². The van der Waals surface area contributed by atoms with Gasteiger partial charge in [-0.3, -0.25) is 9.88 Å². The number of hydrogen-bond acceptors (Lipinski definition) is 4. The molecule has 1 N–H and O–H groups in total.